The summed E-state index contributed by atoms with van der Waals surface area (Å²) in [6, 6.07) is 8.39. The number of rotatable bonds is 0. The first-order valence-corrected chi connectivity index (χ1v) is 4.45. The molecule has 2 aliphatic heterocycles. The van der Waals surface area contributed by atoms with Gasteiger partial charge in [-0.1, -0.05) is 18.2 Å². The van der Waals surface area contributed by atoms with Gasteiger partial charge in [0.15, 0.2) is 0 Å². The van der Waals surface area contributed by atoms with Crippen LogP contribution in [0.1, 0.15) is 5.56 Å². The third-order valence-electron chi connectivity index (χ3n) is 2.59. The predicted octanol–water partition coefficient (Wildman–Crippen LogP) is 0.972. The Kier molecular flexibility index (Phi) is 1.21. The van der Waals surface area contributed by atoms with E-state index in [9.17, 15) is 0 Å². The molecular weight excluding hydrogens is 162 g/mol. The molecule has 3 rings (SSSR count). The largest absolute Gasteiger partial charge is 0.362 e. The van der Waals surface area contributed by atoms with E-state index in [1.807, 2.05) is 6.20 Å². The summed E-state index contributed by atoms with van der Waals surface area (Å²) in [5.41, 5.74) is 8.70. The molecule has 1 unspecified atom stereocenters. The van der Waals surface area contributed by atoms with Crippen molar-refractivity contribution in [3.63, 3.8) is 0 Å². The van der Waals surface area contributed by atoms with Gasteiger partial charge in [0.25, 0.3) is 0 Å². The lowest BCUT2D eigenvalue weighted by molar-refractivity contribution is 0.464. The molecule has 66 valence electrons. The van der Waals surface area contributed by atoms with Crippen molar-refractivity contribution in [2.45, 2.75) is 12.1 Å². The number of anilines is 1. The molecule has 3 nitrogen and oxygen atoms in total. The fourth-order valence-electron chi connectivity index (χ4n) is 1.95. The lowest BCUT2D eigenvalue weighted by Crippen LogP contribution is -2.49. The van der Waals surface area contributed by atoms with Gasteiger partial charge in [-0.3, -0.25) is 0 Å². The Morgan fingerprint density at radius 3 is 2.92 bits per heavy atom. The zero-order valence-corrected chi connectivity index (χ0v) is 7.17. The number of benzene rings is 1. The molecule has 0 bridgehead atoms. The molecule has 3 heteroatoms. The molecule has 0 saturated heterocycles. The SMILES string of the molecule is C1=CC2(Cc3ccccc3N2)NN1. The first-order valence-electron chi connectivity index (χ1n) is 4.45. The topological polar surface area (TPSA) is 36.1 Å². The summed E-state index contributed by atoms with van der Waals surface area (Å²) in [4.78, 5) is 0. The molecule has 0 radical (unpaired) electrons. The summed E-state index contributed by atoms with van der Waals surface area (Å²) < 4.78 is 0. The second-order valence-corrected chi connectivity index (χ2v) is 3.53. The van der Waals surface area contributed by atoms with Crippen molar-refractivity contribution in [2.75, 3.05) is 5.32 Å². The molecule has 0 amide bonds. The van der Waals surface area contributed by atoms with Crippen molar-refractivity contribution in [3.05, 3.63) is 42.1 Å². The average Bonchev–Trinajstić information content (AvgIpc) is 2.72. The maximum Gasteiger partial charge on any atom is 0.130 e. The Morgan fingerprint density at radius 2 is 2.15 bits per heavy atom. The van der Waals surface area contributed by atoms with Gasteiger partial charge in [0.05, 0.1) is 0 Å². The molecule has 2 heterocycles. The summed E-state index contributed by atoms with van der Waals surface area (Å²) >= 11 is 0. The van der Waals surface area contributed by atoms with Gasteiger partial charge in [-0.15, -0.1) is 0 Å². The third-order valence-corrected chi connectivity index (χ3v) is 2.59. The summed E-state index contributed by atoms with van der Waals surface area (Å²) in [5, 5.41) is 3.45. The van der Waals surface area contributed by atoms with Crippen molar-refractivity contribution in [1.82, 2.24) is 10.9 Å². The molecule has 0 fully saturated rings. The molecule has 1 aromatic carbocycles. The van der Waals surface area contributed by atoms with Crippen LogP contribution >= 0.6 is 0 Å². The molecule has 2 aliphatic rings. The highest BCUT2D eigenvalue weighted by Gasteiger charge is 2.35. The smallest absolute Gasteiger partial charge is 0.130 e. The van der Waals surface area contributed by atoms with Crippen LogP contribution in [0.2, 0.25) is 0 Å². The van der Waals surface area contributed by atoms with E-state index >= 15 is 0 Å². The van der Waals surface area contributed by atoms with Crippen LogP contribution in [0.25, 0.3) is 0 Å². The Labute approximate surface area is 76.8 Å². The number of hydrogen-bond acceptors (Lipinski definition) is 3. The standard InChI is InChI=1S/C10H11N3/c1-2-4-9-8(3-1)7-10(12-9)5-6-11-13-10/h1-6,11-13H,7H2. The first-order chi connectivity index (χ1) is 6.38. The summed E-state index contributed by atoms with van der Waals surface area (Å²) in [7, 11) is 0. The van der Waals surface area contributed by atoms with E-state index in [0.29, 0.717) is 0 Å². The highest BCUT2D eigenvalue weighted by atomic mass is 15.5. The van der Waals surface area contributed by atoms with E-state index in [1.165, 1.54) is 11.3 Å². The number of hydrazine groups is 1. The van der Waals surface area contributed by atoms with Gasteiger partial charge >= 0.3 is 0 Å². The van der Waals surface area contributed by atoms with E-state index in [-0.39, 0.29) is 5.66 Å². The van der Waals surface area contributed by atoms with Gasteiger partial charge in [-0.05, 0) is 17.7 Å². The van der Waals surface area contributed by atoms with Crippen LogP contribution in [0.5, 0.6) is 0 Å². The summed E-state index contributed by atoms with van der Waals surface area (Å²) in [5.74, 6) is 0. The van der Waals surface area contributed by atoms with Gasteiger partial charge in [0.2, 0.25) is 0 Å². The molecule has 0 aliphatic carbocycles. The minimum Gasteiger partial charge on any atom is -0.362 e. The predicted molar refractivity (Wildman–Crippen MR) is 51.9 cm³/mol. The first kappa shape index (κ1) is 6.97. The lowest BCUT2D eigenvalue weighted by atomic mass is 10.1. The monoisotopic (exact) mass is 173 g/mol. The van der Waals surface area contributed by atoms with Crippen molar-refractivity contribution in [3.8, 4) is 0 Å². The van der Waals surface area contributed by atoms with Crippen molar-refractivity contribution in [2.24, 2.45) is 0 Å². The number of hydrogen-bond donors (Lipinski definition) is 3. The van der Waals surface area contributed by atoms with E-state index in [2.05, 4.69) is 46.5 Å². The van der Waals surface area contributed by atoms with Crippen LogP contribution in [0, 0.1) is 0 Å². The Morgan fingerprint density at radius 1 is 1.23 bits per heavy atom. The van der Waals surface area contributed by atoms with E-state index in [4.69, 9.17) is 0 Å². The second kappa shape index (κ2) is 2.26. The van der Waals surface area contributed by atoms with Crippen LogP contribution in [-0.4, -0.2) is 5.66 Å². The minimum atomic E-state index is -0.0936. The van der Waals surface area contributed by atoms with Gasteiger partial charge in [-0.25, -0.2) is 5.43 Å². The highest BCUT2D eigenvalue weighted by Crippen LogP contribution is 2.31. The Bertz CT molecular complexity index is 345. The average molecular weight is 173 g/mol. The van der Waals surface area contributed by atoms with Crippen LogP contribution in [0.15, 0.2) is 36.5 Å². The van der Waals surface area contributed by atoms with Gasteiger partial charge in [0, 0.05) is 18.3 Å². The van der Waals surface area contributed by atoms with Crippen LogP contribution in [0.3, 0.4) is 0 Å². The molecule has 1 aromatic rings. The molecule has 1 atom stereocenters. The third kappa shape index (κ3) is 0.939. The molecule has 1 spiro atoms. The molecule has 0 aromatic heterocycles. The zero-order chi connectivity index (χ0) is 8.73. The Hall–Kier alpha value is -1.48. The van der Waals surface area contributed by atoms with Crippen molar-refractivity contribution < 1.29 is 0 Å². The van der Waals surface area contributed by atoms with Crippen molar-refractivity contribution >= 4 is 5.69 Å². The van der Waals surface area contributed by atoms with E-state index < -0.39 is 0 Å². The number of nitrogens with one attached hydrogen (secondary N) is 3. The summed E-state index contributed by atoms with van der Waals surface area (Å²) in [6.45, 7) is 0. The molecule has 3 N–H and O–H groups in total. The normalized spacial score (nSPS) is 28.6. The maximum absolute atomic E-state index is 3.45. The fourth-order valence-corrected chi connectivity index (χ4v) is 1.95. The highest BCUT2D eigenvalue weighted by molar-refractivity contribution is 5.60. The van der Waals surface area contributed by atoms with E-state index in [0.717, 1.165) is 6.42 Å². The van der Waals surface area contributed by atoms with Crippen molar-refractivity contribution in [1.29, 1.82) is 0 Å². The Balaban J connectivity index is 2.01. The molecule has 0 saturated carbocycles. The van der Waals surface area contributed by atoms with Gasteiger partial charge in [-0.2, -0.15) is 0 Å². The zero-order valence-electron chi connectivity index (χ0n) is 7.17. The quantitative estimate of drug-likeness (QED) is 0.547. The van der Waals surface area contributed by atoms with Crippen LogP contribution < -0.4 is 16.2 Å². The second-order valence-electron chi connectivity index (χ2n) is 3.53. The minimum absolute atomic E-state index is 0.0936. The maximum atomic E-state index is 3.45. The number of fused-ring (bicyclic) bond motifs is 1. The van der Waals surface area contributed by atoms with E-state index in [1.54, 1.807) is 0 Å². The van der Waals surface area contributed by atoms with Gasteiger partial charge < -0.3 is 10.7 Å². The molecule has 13 heavy (non-hydrogen) atoms. The number of para-hydroxylation sites is 1. The fraction of sp³-hybridized carbons (Fsp3) is 0.200. The van der Waals surface area contributed by atoms with Crippen LogP contribution in [0.4, 0.5) is 5.69 Å². The lowest BCUT2D eigenvalue weighted by Gasteiger charge is -2.22. The van der Waals surface area contributed by atoms with Gasteiger partial charge in [0.1, 0.15) is 5.66 Å². The molecular formula is C10H11N3. The van der Waals surface area contributed by atoms with Crippen LogP contribution in [-0.2, 0) is 6.42 Å². The summed E-state index contributed by atoms with van der Waals surface area (Å²) in [6.07, 6.45) is 5.04.